The van der Waals surface area contributed by atoms with Crippen molar-refractivity contribution in [1.82, 2.24) is 5.16 Å². The summed E-state index contributed by atoms with van der Waals surface area (Å²) in [4.78, 5) is 12.9. The SMILES string of the molecule is C=C/C=C(\C=C/C)c1cc(C[NH+]2CCC(CC)CC2)no1.CCl.O=C(O)[C@H](Nc1ccccc1)c1ccccc1. The average Bonchev–Trinajstić information content (AvgIpc) is 3.47. The molecule has 214 valence electrons. The largest absolute Gasteiger partial charge is 0.479 e. The third-order valence-electron chi connectivity index (χ3n) is 6.77. The second-order valence-electron chi connectivity index (χ2n) is 9.51. The molecule has 1 aromatic heterocycles. The smallest absolute Gasteiger partial charge is 0.330 e. The fourth-order valence-corrected chi connectivity index (χ4v) is 4.62. The van der Waals surface area contributed by atoms with E-state index in [0.29, 0.717) is 0 Å². The van der Waals surface area contributed by atoms with Gasteiger partial charge in [-0.05, 0) is 43.4 Å². The number of hydrogen-bond acceptors (Lipinski definition) is 4. The number of carboxylic acids is 1. The summed E-state index contributed by atoms with van der Waals surface area (Å²) in [5.74, 6) is 0.865. The van der Waals surface area contributed by atoms with E-state index < -0.39 is 12.0 Å². The number of benzene rings is 2. The van der Waals surface area contributed by atoms with Gasteiger partial charge in [-0.2, -0.15) is 0 Å². The van der Waals surface area contributed by atoms with Crippen LogP contribution in [0.4, 0.5) is 5.69 Å². The molecule has 6 nitrogen and oxygen atoms in total. The van der Waals surface area contributed by atoms with Gasteiger partial charge >= 0.3 is 5.97 Å². The maximum atomic E-state index is 11.2. The third-order valence-corrected chi connectivity index (χ3v) is 6.77. The van der Waals surface area contributed by atoms with Gasteiger partial charge in [0.2, 0.25) is 0 Å². The zero-order valence-electron chi connectivity index (χ0n) is 23.9. The molecule has 3 N–H and O–H groups in total. The van der Waals surface area contributed by atoms with Crippen LogP contribution in [0.3, 0.4) is 0 Å². The van der Waals surface area contributed by atoms with Crippen LogP contribution in [0.25, 0.3) is 5.57 Å². The predicted octanol–water partition coefficient (Wildman–Crippen LogP) is 6.80. The van der Waals surface area contributed by atoms with Gasteiger partial charge in [0.25, 0.3) is 0 Å². The van der Waals surface area contributed by atoms with Crippen molar-refractivity contribution in [2.75, 3.05) is 24.8 Å². The molecule has 40 heavy (non-hydrogen) atoms. The lowest BCUT2D eigenvalue weighted by atomic mass is 9.94. The lowest BCUT2D eigenvalue weighted by Gasteiger charge is -2.27. The van der Waals surface area contributed by atoms with Gasteiger partial charge in [0.05, 0.1) is 13.1 Å². The summed E-state index contributed by atoms with van der Waals surface area (Å²) in [7, 11) is 0. The summed E-state index contributed by atoms with van der Waals surface area (Å²) < 4.78 is 5.49. The minimum absolute atomic E-state index is 0.724. The number of nitrogens with zero attached hydrogens (tertiary/aromatic N) is 1. The number of carboxylic acid groups (broad SMARTS) is 1. The first-order chi connectivity index (χ1) is 19.5. The Hall–Kier alpha value is -3.61. The molecule has 1 aliphatic rings. The van der Waals surface area contributed by atoms with E-state index in [2.05, 4.69) is 41.6 Å². The number of alkyl halides is 1. The Balaban J connectivity index is 0.000000269. The van der Waals surface area contributed by atoms with Crippen LogP contribution in [0.5, 0.6) is 0 Å². The Bertz CT molecular complexity index is 1180. The van der Waals surface area contributed by atoms with Gasteiger partial charge in [0, 0.05) is 23.7 Å². The summed E-state index contributed by atoms with van der Waals surface area (Å²) in [6.45, 7) is 11.5. The van der Waals surface area contributed by atoms with E-state index >= 15 is 0 Å². The van der Waals surface area contributed by atoms with Gasteiger partial charge in [0.15, 0.2) is 11.8 Å². The molecular weight excluding hydrogens is 522 g/mol. The van der Waals surface area contributed by atoms with Crippen molar-refractivity contribution in [2.45, 2.75) is 45.7 Å². The zero-order chi connectivity index (χ0) is 29.2. The molecule has 2 aromatic carbocycles. The van der Waals surface area contributed by atoms with Gasteiger partial charge in [-0.1, -0.05) is 97.9 Å². The molecule has 0 saturated carbocycles. The number of para-hydroxylation sites is 1. The molecule has 0 radical (unpaired) electrons. The molecule has 0 spiro atoms. The number of halogens is 1. The number of quaternary nitrogens is 1. The van der Waals surface area contributed by atoms with E-state index in [-0.39, 0.29) is 0 Å². The maximum Gasteiger partial charge on any atom is 0.330 e. The summed E-state index contributed by atoms with van der Waals surface area (Å²) >= 11 is 4.64. The van der Waals surface area contributed by atoms with E-state index in [1.165, 1.54) is 38.7 Å². The molecule has 1 atom stereocenters. The fraction of sp³-hybridized carbons (Fsp3) is 0.333. The number of piperidine rings is 1. The number of carbonyl (C=O) groups is 1. The number of rotatable bonds is 10. The maximum absolute atomic E-state index is 11.2. The van der Waals surface area contributed by atoms with E-state index in [4.69, 9.17) is 4.52 Å². The topological polar surface area (TPSA) is 79.8 Å². The first-order valence-corrected chi connectivity index (χ1v) is 14.5. The van der Waals surface area contributed by atoms with Crippen LogP contribution in [-0.4, -0.2) is 35.7 Å². The molecule has 7 heteroatoms. The molecule has 2 heterocycles. The average molecular weight is 565 g/mol. The van der Waals surface area contributed by atoms with Crippen molar-refractivity contribution in [2.24, 2.45) is 5.92 Å². The summed E-state index contributed by atoms with van der Waals surface area (Å²) in [6, 6.07) is 19.8. The molecule has 0 amide bonds. The highest BCUT2D eigenvalue weighted by Crippen LogP contribution is 2.20. The summed E-state index contributed by atoms with van der Waals surface area (Å²) in [5, 5.41) is 16.5. The van der Waals surface area contributed by atoms with Crippen LogP contribution in [0.1, 0.15) is 56.2 Å². The normalized spacial score (nSPS) is 17.6. The van der Waals surface area contributed by atoms with Crippen LogP contribution in [0.15, 0.2) is 102 Å². The number of allylic oxidation sites excluding steroid dienone is 5. The van der Waals surface area contributed by atoms with Crippen LogP contribution >= 0.6 is 11.6 Å². The van der Waals surface area contributed by atoms with Crippen molar-refractivity contribution < 1.29 is 19.3 Å². The van der Waals surface area contributed by atoms with E-state index in [9.17, 15) is 9.90 Å². The van der Waals surface area contributed by atoms with E-state index in [1.54, 1.807) is 23.1 Å². The highest BCUT2D eigenvalue weighted by atomic mass is 35.5. The van der Waals surface area contributed by atoms with Crippen LogP contribution in [0, 0.1) is 5.92 Å². The Labute approximate surface area is 244 Å². The molecule has 0 aliphatic carbocycles. The quantitative estimate of drug-likeness (QED) is 0.186. The van der Waals surface area contributed by atoms with Gasteiger partial charge in [0.1, 0.15) is 12.2 Å². The highest BCUT2D eigenvalue weighted by molar-refractivity contribution is 6.15. The molecule has 3 aromatic rings. The fourth-order valence-electron chi connectivity index (χ4n) is 4.62. The Morgan fingerprint density at radius 1 is 1.15 bits per heavy atom. The van der Waals surface area contributed by atoms with Gasteiger partial charge in [-0.15, -0.1) is 11.6 Å². The monoisotopic (exact) mass is 564 g/mol. The molecule has 0 unspecified atom stereocenters. The first-order valence-electron chi connectivity index (χ1n) is 13.8. The van der Waals surface area contributed by atoms with Crippen molar-refractivity contribution >= 4 is 28.8 Å². The zero-order valence-corrected chi connectivity index (χ0v) is 24.6. The Morgan fingerprint density at radius 3 is 2.33 bits per heavy atom. The molecular formula is C33H43ClN3O3+. The van der Waals surface area contributed by atoms with Crippen LogP contribution in [-0.2, 0) is 11.3 Å². The minimum Gasteiger partial charge on any atom is -0.479 e. The van der Waals surface area contributed by atoms with Crippen molar-refractivity contribution in [3.8, 4) is 0 Å². The first kappa shape index (κ1) is 32.6. The van der Waals surface area contributed by atoms with Gasteiger partial charge in [-0.25, -0.2) is 4.79 Å². The van der Waals surface area contributed by atoms with Crippen LogP contribution in [0.2, 0.25) is 0 Å². The molecule has 1 saturated heterocycles. The van der Waals surface area contributed by atoms with Crippen LogP contribution < -0.4 is 10.2 Å². The van der Waals surface area contributed by atoms with Gasteiger partial charge in [-0.3, -0.25) is 0 Å². The van der Waals surface area contributed by atoms with Gasteiger partial charge < -0.3 is 19.8 Å². The van der Waals surface area contributed by atoms with Crippen molar-refractivity contribution in [3.05, 3.63) is 115 Å². The number of hydrogen-bond donors (Lipinski definition) is 3. The summed E-state index contributed by atoms with van der Waals surface area (Å²) in [6.07, 6.45) is 13.2. The highest BCUT2D eigenvalue weighted by Gasteiger charge is 2.22. The number of aliphatic carboxylic acids is 1. The lowest BCUT2D eigenvalue weighted by molar-refractivity contribution is -0.920. The third kappa shape index (κ3) is 10.9. The standard InChI is InChI=1S/C18H26N2O.C14H13NO2.CH3Cl/c1-4-7-16(8-5-2)18-13-17(19-21-18)14-20-11-9-15(6-3)10-12-20;16-14(17)13(11-7-3-1-4-8-11)15-12-9-5-2-6-10-12;1-2/h4-5,7-8,13,15H,1,6,9-12,14H2,2-3H3;1-10,13,15H,(H,16,17);1H3/p+1/b8-5-,16-7+;;/t;13-;/m.1./s1. The lowest BCUT2D eigenvalue weighted by Crippen LogP contribution is -3.11. The number of aromatic nitrogens is 1. The number of nitrogens with one attached hydrogen (secondary N) is 2. The summed E-state index contributed by atoms with van der Waals surface area (Å²) in [5.41, 5.74) is 3.60. The molecule has 1 fully saturated rings. The second-order valence-corrected chi connectivity index (χ2v) is 9.51. The Morgan fingerprint density at radius 2 is 1.77 bits per heavy atom. The number of anilines is 1. The van der Waals surface area contributed by atoms with E-state index in [1.807, 2.05) is 73.7 Å². The minimum atomic E-state index is -0.889. The molecule has 4 rings (SSSR count). The second kappa shape index (κ2) is 18.6. The van der Waals surface area contributed by atoms with Crippen molar-refractivity contribution in [1.29, 1.82) is 0 Å². The predicted molar refractivity (Wildman–Crippen MR) is 166 cm³/mol. The van der Waals surface area contributed by atoms with Crippen molar-refractivity contribution in [3.63, 3.8) is 0 Å². The Kier molecular flexibility index (Phi) is 15.2. The molecule has 0 bridgehead atoms. The molecule has 1 aliphatic heterocycles. The van der Waals surface area contributed by atoms with E-state index in [0.717, 1.165) is 40.7 Å². The number of likely N-dealkylation sites (tertiary alicyclic amines) is 1.